The average molecular weight is 175 g/mol. The maximum Gasteiger partial charge on any atom is 0.152 e. The summed E-state index contributed by atoms with van der Waals surface area (Å²) in [5.74, 6) is 0. The number of carbonyl (C=O) groups excluding carboxylic acids is 1. The fourth-order valence-corrected chi connectivity index (χ4v) is 1.32. The summed E-state index contributed by atoms with van der Waals surface area (Å²) in [4.78, 5) is 10.6. The van der Waals surface area contributed by atoms with Crippen LogP contribution >= 0.6 is 0 Å². The van der Waals surface area contributed by atoms with Crippen molar-refractivity contribution in [1.82, 2.24) is 10.2 Å². The van der Waals surface area contributed by atoms with Gasteiger partial charge in [0.25, 0.3) is 0 Å². The Morgan fingerprint density at radius 2 is 2.31 bits per heavy atom. The topological polar surface area (TPSA) is 71.8 Å². The predicted octanol–water partition coefficient (Wildman–Crippen LogP) is 1.27. The van der Waals surface area contributed by atoms with E-state index in [1.54, 1.807) is 12.1 Å². The number of H-pyrrole nitrogens is 1. The number of nitrogens with zero attached hydrogens (tertiary/aromatic N) is 1. The molecule has 66 valence electrons. The molecule has 1 heterocycles. The van der Waals surface area contributed by atoms with Crippen LogP contribution in [0.15, 0.2) is 12.1 Å². The van der Waals surface area contributed by atoms with Crippen LogP contribution < -0.4 is 5.73 Å². The largest absolute Gasteiger partial charge is 0.398 e. The summed E-state index contributed by atoms with van der Waals surface area (Å²) in [6.45, 7) is 1.90. The van der Waals surface area contributed by atoms with Crippen LogP contribution in [0.3, 0.4) is 0 Å². The molecule has 0 unspecified atom stereocenters. The zero-order valence-corrected chi connectivity index (χ0v) is 7.16. The third-order valence-corrected chi connectivity index (χ3v) is 2.08. The van der Waals surface area contributed by atoms with Crippen LogP contribution in [0, 0.1) is 6.92 Å². The summed E-state index contributed by atoms with van der Waals surface area (Å²) in [7, 11) is 0. The van der Waals surface area contributed by atoms with Crippen molar-refractivity contribution >= 4 is 22.9 Å². The van der Waals surface area contributed by atoms with Crippen molar-refractivity contribution in [2.75, 3.05) is 5.73 Å². The number of nitrogens with two attached hydrogens (primary N) is 1. The number of hydrogen-bond acceptors (Lipinski definition) is 3. The number of rotatable bonds is 1. The predicted molar refractivity (Wildman–Crippen MR) is 50.6 cm³/mol. The lowest BCUT2D eigenvalue weighted by Crippen LogP contribution is -1.92. The molecule has 3 N–H and O–H groups in total. The number of fused-ring (bicyclic) bond motifs is 1. The Bertz CT molecular complexity index is 473. The maximum absolute atomic E-state index is 10.6. The first kappa shape index (κ1) is 7.79. The van der Waals surface area contributed by atoms with Crippen molar-refractivity contribution in [3.8, 4) is 0 Å². The number of nitrogens with one attached hydrogen (secondary N) is 1. The maximum atomic E-state index is 10.6. The van der Waals surface area contributed by atoms with E-state index < -0.39 is 0 Å². The van der Waals surface area contributed by atoms with Crippen LogP contribution in [0.2, 0.25) is 0 Å². The van der Waals surface area contributed by atoms with Crippen LogP contribution in [-0.4, -0.2) is 16.5 Å². The van der Waals surface area contributed by atoms with Gasteiger partial charge < -0.3 is 5.73 Å². The molecule has 4 heteroatoms. The highest BCUT2D eigenvalue weighted by Crippen LogP contribution is 2.21. The molecule has 0 aliphatic carbocycles. The first-order valence-corrected chi connectivity index (χ1v) is 3.91. The second kappa shape index (κ2) is 2.58. The smallest absolute Gasteiger partial charge is 0.152 e. The molecule has 0 fully saturated rings. The lowest BCUT2D eigenvalue weighted by molar-refractivity contribution is 0.112. The van der Waals surface area contributed by atoms with Gasteiger partial charge in [0, 0.05) is 22.3 Å². The van der Waals surface area contributed by atoms with E-state index in [4.69, 9.17) is 5.73 Å². The first-order chi connectivity index (χ1) is 6.22. The molecular formula is C9H9N3O. The van der Waals surface area contributed by atoms with E-state index in [1.165, 1.54) is 0 Å². The van der Waals surface area contributed by atoms with E-state index >= 15 is 0 Å². The second-order valence-electron chi connectivity index (χ2n) is 2.96. The molecule has 0 atom stereocenters. The Morgan fingerprint density at radius 3 is 3.00 bits per heavy atom. The minimum atomic E-state index is 0.467. The van der Waals surface area contributed by atoms with Gasteiger partial charge in [-0.1, -0.05) is 0 Å². The number of anilines is 1. The van der Waals surface area contributed by atoms with Gasteiger partial charge in [-0.05, 0) is 19.1 Å². The van der Waals surface area contributed by atoms with Gasteiger partial charge in [-0.2, -0.15) is 5.10 Å². The first-order valence-electron chi connectivity index (χ1n) is 3.91. The number of benzene rings is 1. The van der Waals surface area contributed by atoms with Gasteiger partial charge in [-0.15, -0.1) is 0 Å². The summed E-state index contributed by atoms with van der Waals surface area (Å²) >= 11 is 0. The van der Waals surface area contributed by atoms with E-state index in [1.807, 2.05) is 6.92 Å². The third kappa shape index (κ3) is 1.07. The Hall–Kier alpha value is -1.84. The molecule has 0 saturated carbocycles. The number of carbonyl (C=O) groups is 1. The quantitative estimate of drug-likeness (QED) is 0.506. The number of aryl methyl sites for hydroxylation is 1. The Labute approximate surface area is 74.7 Å². The van der Waals surface area contributed by atoms with Crippen LogP contribution in [-0.2, 0) is 0 Å². The molecule has 1 aromatic carbocycles. The molecule has 0 saturated heterocycles. The Morgan fingerprint density at radius 1 is 1.54 bits per heavy atom. The van der Waals surface area contributed by atoms with Crippen LogP contribution in [0.1, 0.15) is 16.1 Å². The zero-order valence-electron chi connectivity index (χ0n) is 7.16. The van der Waals surface area contributed by atoms with E-state index in [9.17, 15) is 4.79 Å². The Kier molecular flexibility index (Phi) is 1.55. The fraction of sp³-hybridized carbons (Fsp3) is 0.111. The van der Waals surface area contributed by atoms with E-state index in [0.29, 0.717) is 11.3 Å². The summed E-state index contributed by atoms with van der Waals surface area (Å²) in [6.07, 6.45) is 0.751. The molecule has 0 aliphatic rings. The SMILES string of the molecule is Cc1[nH]nc2cc(N)c(C=O)cc12. The number of hydrogen-bond donors (Lipinski definition) is 2. The lowest BCUT2D eigenvalue weighted by atomic mass is 10.1. The van der Waals surface area contributed by atoms with Gasteiger partial charge in [0.05, 0.1) is 5.52 Å². The standard InChI is InChI=1S/C9H9N3O/c1-5-7-2-6(4-13)8(10)3-9(7)12-11-5/h2-4H,10H2,1H3,(H,11,12). The van der Waals surface area contributed by atoms with Gasteiger partial charge in [-0.3, -0.25) is 9.89 Å². The van der Waals surface area contributed by atoms with Crippen molar-refractivity contribution < 1.29 is 4.79 Å². The Balaban J connectivity index is 2.84. The molecule has 0 spiro atoms. The molecule has 0 radical (unpaired) electrons. The average Bonchev–Trinajstić information content (AvgIpc) is 2.46. The van der Waals surface area contributed by atoms with Crippen molar-refractivity contribution in [3.05, 3.63) is 23.4 Å². The van der Waals surface area contributed by atoms with Gasteiger partial charge >= 0.3 is 0 Å². The molecule has 4 nitrogen and oxygen atoms in total. The van der Waals surface area contributed by atoms with E-state index in [2.05, 4.69) is 10.2 Å². The highest BCUT2D eigenvalue weighted by Gasteiger charge is 2.05. The highest BCUT2D eigenvalue weighted by atomic mass is 16.1. The number of aromatic nitrogens is 2. The summed E-state index contributed by atoms with van der Waals surface area (Å²) in [5, 5.41) is 7.81. The summed E-state index contributed by atoms with van der Waals surface area (Å²) in [5.41, 5.74) is 8.33. The zero-order chi connectivity index (χ0) is 9.42. The molecule has 1 aromatic heterocycles. The number of aldehydes is 1. The number of nitrogen functional groups attached to an aromatic ring is 1. The van der Waals surface area contributed by atoms with Gasteiger partial charge in [0.15, 0.2) is 6.29 Å². The van der Waals surface area contributed by atoms with Gasteiger partial charge in [0.1, 0.15) is 0 Å². The fourth-order valence-electron chi connectivity index (χ4n) is 1.32. The van der Waals surface area contributed by atoms with Crippen molar-refractivity contribution in [1.29, 1.82) is 0 Å². The molecule has 0 amide bonds. The van der Waals surface area contributed by atoms with Crippen molar-refractivity contribution in [3.63, 3.8) is 0 Å². The molecule has 0 aliphatic heterocycles. The van der Waals surface area contributed by atoms with Gasteiger partial charge in [-0.25, -0.2) is 0 Å². The minimum Gasteiger partial charge on any atom is -0.398 e. The third-order valence-electron chi connectivity index (χ3n) is 2.08. The monoisotopic (exact) mass is 175 g/mol. The van der Waals surface area contributed by atoms with Crippen LogP contribution in [0.4, 0.5) is 5.69 Å². The van der Waals surface area contributed by atoms with Crippen LogP contribution in [0.5, 0.6) is 0 Å². The second-order valence-corrected chi connectivity index (χ2v) is 2.96. The number of aromatic amines is 1. The molecule has 13 heavy (non-hydrogen) atoms. The molecule has 2 rings (SSSR count). The normalized spacial score (nSPS) is 10.5. The minimum absolute atomic E-state index is 0.467. The molecule has 2 aromatic rings. The lowest BCUT2D eigenvalue weighted by Gasteiger charge is -1.97. The molecule has 0 bridgehead atoms. The van der Waals surface area contributed by atoms with Crippen molar-refractivity contribution in [2.24, 2.45) is 0 Å². The highest BCUT2D eigenvalue weighted by molar-refractivity contribution is 5.94. The summed E-state index contributed by atoms with van der Waals surface area (Å²) in [6, 6.07) is 3.44. The van der Waals surface area contributed by atoms with E-state index in [-0.39, 0.29) is 0 Å². The molecular weight excluding hydrogens is 166 g/mol. The summed E-state index contributed by atoms with van der Waals surface area (Å²) < 4.78 is 0. The van der Waals surface area contributed by atoms with Gasteiger partial charge in [0.2, 0.25) is 0 Å². The van der Waals surface area contributed by atoms with E-state index in [0.717, 1.165) is 22.9 Å². The van der Waals surface area contributed by atoms with Crippen molar-refractivity contribution in [2.45, 2.75) is 6.92 Å². The van der Waals surface area contributed by atoms with Crippen LogP contribution in [0.25, 0.3) is 10.9 Å².